The van der Waals surface area contributed by atoms with E-state index in [1.54, 1.807) is 13.3 Å². The van der Waals surface area contributed by atoms with E-state index in [2.05, 4.69) is 27.8 Å². The van der Waals surface area contributed by atoms with E-state index in [0.29, 0.717) is 18.2 Å². The molecule has 0 saturated heterocycles. The monoisotopic (exact) mass is 245 g/mol. The Balaban J connectivity index is 2.81. The van der Waals surface area contributed by atoms with E-state index in [0.717, 1.165) is 10.9 Å². The van der Waals surface area contributed by atoms with Gasteiger partial charge in [-0.1, -0.05) is 6.92 Å². The van der Waals surface area contributed by atoms with Gasteiger partial charge >= 0.3 is 0 Å². The van der Waals surface area contributed by atoms with Crippen molar-refractivity contribution in [2.45, 2.75) is 13.3 Å². The van der Waals surface area contributed by atoms with Gasteiger partial charge < -0.3 is 9.47 Å². The highest BCUT2D eigenvalue weighted by Crippen LogP contribution is 2.27. The standard InChI is InChI=1S/C9H12BrNO2/c1-3-4-13-8-5-7(10)6-11-9(8)12-2/h5-6H,3-4H2,1-2H3. The second-order valence-corrected chi connectivity index (χ2v) is 3.43. The number of rotatable bonds is 4. The molecule has 0 bridgehead atoms. The van der Waals surface area contributed by atoms with Crippen molar-refractivity contribution in [3.63, 3.8) is 0 Å². The molecule has 0 aliphatic carbocycles. The maximum Gasteiger partial charge on any atom is 0.256 e. The van der Waals surface area contributed by atoms with Gasteiger partial charge in [0.25, 0.3) is 5.88 Å². The second-order valence-electron chi connectivity index (χ2n) is 2.51. The zero-order chi connectivity index (χ0) is 9.68. The summed E-state index contributed by atoms with van der Waals surface area (Å²) in [6.45, 7) is 2.73. The summed E-state index contributed by atoms with van der Waals surface area (Å²) in [5.74, 6) is 1.20. The second kappa shape index (κ2) is 5.07. The molecule has 3 nitrogen and oxygen atoms in total. The summed E-state index contributed by atoms with van der Waals surface area (Å²) >= 11 is 3.32. The number of hydrogen-bond donors (Lipinski definition) is 0. The Morgan fingerprint density at radius 2 is 2.31 bits per heavy atom. The number of ether oxygens (including phenoxy) is 2. The number of pyridine rings is 1. The van der Waals surface area contributed by atoms with Gasteiger partial charge in [0.1, 0.15) is 0 Å². The zero-order valence-electron chi connectivity index (χ0n) is 7.71. The number of hydrogen-bond acceptors (Lipinski definition) is 3. The molecule has 4 heteroatoms. The van der Waals surface area contributed by atoms with Gasteiger partial charge in [-0.3, -0.25) is 0 Å². The predicted octanol–water partition coefficient (Wildman–Crippen LogP) is 2.64. The van der Waals surface area contributed by atoms with Gasteiger partial charge in [-0.05, 0) is 22.4 Å². The van der Waals surface area contributed by atoms with Gasteiger partial charge in [-0.2, -0.15) is 0 Å². The Hall–Kier alpha value is -0.770. The van der Waals surface area contributed by atoms with Crippen LogP contribution in [0, 0.1) is 0 Å². The summed E-state index contributed by atoms with van der Waals surface area (Å²) in [4.78, 5) is 4.06. The lowest BCUT2D eigenvalue weighted by Crippen LogP contribution is -1.99. The van der Waals surface area contributed by atoms with E-state index in [9.17, 15) is 0 Å². The lowest BCUT2D eigenvalue weighted by molar-refractivity contribution is 0.288. The molecule has 1 aromatic rings. The molecule has 0 saturated carbocycles. The largest absolute Gasteiger partial charge is 0.488 e. The zero-order valence-corrected chi connectivity index (χ0v) is 9.30. The van der Waals surface area contributed by atoms with Crippen LogP contribution in [0.15, 0.2) is 16.7 Å². The van der Waals surface area contributed by atoms with Crippen LogP contribution in [0.5, 0.6) is 11.6 Å². The number of nitrogens with zero attached hydrogens (tertiary/aromatic N) is 1. The van der Waals surface area contributed by atoms with Crippen molar-refractivity contribution >= 4 is 15.9 Å². The summed E-state index contributed by atoms with van der Waals surface area (Å²) < 4.78 is 11.4. The van der Waals surface area contributed by atoms with Crippen molar-refractivity contribution in [1.82, 2.24) is 4.98 Å². The van der Waals surface area contributed by atoms with Crippen molar-refractivity contribution in [3.8, 4) is 11.6 Å². The molecule has 72 valence electrons. The normalized spacial score (nSPS) is 9.77. The van der Waals surface area contributed by atoms with Crippen LogP contribution in [0.1, 0.15) is 13.3 Å². The lowest BCUT2D eigenvalue weighted by Gasteiger charge is -2.08. The average Bonchev–Trinajstić information content (AvgIpc) is 2.15. The molecule has 0 aliphatic rings. The minimum absolute atomic E-state index is 0.525. The molecule has 1 heterocycles. The van der Waals surface area contributed by atoms with Gasteiger partial charge in [-0.15, -0.1) is 0 Å². The van der Waals surface area contributed by atoms with Crippen LogP contribution < -0.4 is 9.47 Å². The molecule has 0 unspecified atom stereocenters. The van der Waals surface area contributed by atoms with Crippen LogP contribution in [0.4, 0.5) is 0 Å². The van der Waals surface area contributed by atoms with Crippen molar-refractivity contribution in [2.24, 2.45) is 0 Å². The molecule has 0 aliphatic heterocycles. The Morgan fingerprint density at radius 1 is 1.54 bits per heavy atom. The van der Waals surface area contributed by atoms with Crippen molar-refractivity contribution < 1.29 is 9.47 Å². The smallest absolute Gasteiger partial charge is 0.256 e. The summed E-state index contributed by atoms with van der Waals surface area (Å²) in [5, 5.41) is 0. The first-order valence-electron chi connectivity index (χ1n) is 4.10. The molecule has 0 spiro atoms. The van der Waals surface area contributed by atoms with Gasteiger partial charge in [0.15, 0.2) is 5.75 Å². The van der Waals surface area contributed by atoms with Crippen LogP contribution in [-0.2, 0) is 0 Å². The highest BCUT2D eigenvalue weighted by atomic mass is 79.9. The van der Waals surface area contributed by atoms with Crippen LogP contribution in [0.25, 0.3) is 0 Å². The van der Waals surface area contributed by atoms with E-state index in [-0.39, 0.29) is 0 Å². The van der Waals surface area contributed by atoms with Crippen molar-refractivity contribution in [3.05, 3.63) is 16.7 Å². The summed E-state index contributed by atoms with van der Waals surface area (Å²) in [7, 11) is 1.58. The topological polar surface area (TPSA) is 31.4 Å². The van der Waals surface area contributed by atoms with E-state index >= 15 is 0 Å². The number of methoxy groups -OCH3 is 1. The third kappa shape index (κ3) is 2.88. The van der Waals surface area contributed by atoms with Gasteiger partial charge in [0.05, 0.1) is 13.7 Å². The van der Waals surface area contributed by atoms with E-state index in [4.69, 9.17) is 9.47 Å². The van der Waals surface area contributed by atoms with Crippen LogP contribution in [0.2, 0.25) is 0 Å². The SMILES string of the molecule is CCCOc1cc(Br)cnc1OC. The lowest BCUT2D eigenvalue weighted by atomic mass is 10.4. The maximum atomic E-state index is 5.44. The number of halogens is 1. The first kappa shape index (κ1) is 10.3. The fourth-order valence-electron chi connectivity index (χ4n) is 0.877. The number of aromatic nitrogens is 1. The Bertz CT molecular complexity index is 278. The Labute approximate surface area is 86.2 Å². The molecular weight excluding hydrogens is 234 g/mol. The Kier molecular flexibility index (Phi) is 4.02. The quantitative estimate of drug-likeness (QED) is 0.818. The van der Waals surface area contributed by atoms with E-state index < -0.39 is 0 Å². The van der Waals surface area contributed by atoms with Crippen molar-refractivity contribution in [2.75, 3.05) is 13.7 Å². The minimum Gasteiger partial charge on any atom is -0.488 e. The van der Waals surface area contributed by atoms with Gasteiger partial charge in [0, 0.05) is 16.7 Å². The van der Waals surface area contributed by atoms with E-state index in [1.807, 2.05) is 6.07 Å². The van der Waals surface area contributed by atoms with Gasteiger partial charge in [0.2, 0.25) is 0 Å². The summed E-state index contributed by atoms with van der Waals surface area (Å²) in [5.41, 5.74) is 0. The maximum absolute atomic E-state index is 5.44. The molecule has 0 N–H and O–H groups in total. The molecular formula is C9H12BrNO2. The average molecular weight is 246 g/mol. The Morgan fingerprint density at radius 3 is 2.92 bits per heavy atom. The molecule has 0 aromatic carbocycles. The first-order chi connectivity index (χ1) is 6.27. The first-order valence-corrected chi connectivity index (χ1v) is 4.89. The fourth-order valence-corrected chi connectivity index (χ4v) is 1.19. The molecule has 0 radical (unpaired) electrons. The highest BCUT2D eigenvalue weighted by molar-refractivity contribution is 9.10. The molecule has 1 aromatic heterocycles. The van der Waals surface area contributed by atoms with Crippen LogP contribution >= 0.6 is 15.9 Å². The molecule has 0 amide bonds. The minimum atomic E-state index is 0.525. The van der Waals surface area contributed by atoms with Crippen LogP contribution in [-0.4, -0.2) is 18.7 Å². The molecule has 1 rings (SSSR count). The fraction of sp³-hybridized carbons (Fsp3) is 0.444. The summed E-state index contributed by atoms with van der Waals surface area (Å²) in [6, 6.07) is 1.85. The molecule has 0 atom stereocenters. The predicted molar refractivity (Wildman–Crippen MR) is 54.3 cm³/mol. The third-order valence-corrected chi connectivity index (χ3v) is 1.87. The summed E-state index contributed by atoms with van der Waals surface area (Å²) in [6.07, 6.45) is 2.65. The van der Waals surface area contributed by atoms with Gasteiger partial charge in [-0.25, -0.2) is 4.98 Å². The third-order valence-electron chi connectivity index (χ3n) is 1.44. The van der Waals surface area contributed by atoms with Crippen molar-refractivity contribution in [1.29, 1.82) is 0 Å². The molecule has 13 heavy (non-hydrogen) atoms. The highest BCUT2D eigenvalue weighted by Gasteiger charge is 2.05. The van der Waals surface area contributed by atoms with E-state index in [1.165, 1.54) is 0 Å². The molecule has 0 fully saturated rings. The van der Waals surface area contributed by atoms with Crippen LogP contribution in [0.3, 0.4) is 0 Å².